The van der Waals surface area contributed by atoms with Gasteiger partial charge < -0.3 is 14.5 Å². The molecule has 192 valence electrons. The number of para-hydroxylation sites is 2. The summed E-state index contributed by atoms with van der Waals surface area (Å²) in [7, 11) is 1.61. The molecule has 2 heterocycles. The molecule has 0 spiro atoms. The van der Waals surface area contributed by atoms with Crippen LogP contribution in [0.15, 0.2) is 72.8 Å². The van der Waals surface area contributed by atoms with E-state index in [1.54, 1.807) is 41.2 Å². The van der Waals surface area contributed by atoms with Gasteiger partial charge in [-0.05, 0) is 54.8 Å². The van der Waals surface area contributed by atoms with Crippen LogP contribution in [0.3, 0.4) is 0 Å². The predicted octanol–water partition coefficient (Wildman–Crippen LogP) is 4.04. The first-order valence-electron chi connectivity index (χ1n) is 12.8. The molecule has 2 aliphatic heterocycles. The van der Waals surface area contributed by atoms with Gasteiger partial charge in [0.25, 0.3) is 11.8 Å². The number of benzene rings is 3. The second kappa shape index (κ2) is 9.45. The number of carbonyl (C=O) groups excluding carboxylic acids is 4. The Kier molecular flexibility index (Phi) is 5.94. The number of rotatable bonds is 5. The van der Waals surface area contributed by atoms with Crippen molar-refractivity contribution in [2.45, 2.75) is 31.8 Å². The molecule has 2 atom stereocenters. The van der Waals surface area contributed by atoms with Crippen LogP contribution in [0, 0.1) is 5.92 Å². The summed E-state index contributed by atoms with van der Waals surface area (Å²) >= 11 is 0. The molecule has 0 saturated heterocycles. The van der Waals surface area contributed by atoms with Crippen LogP contribution in [-0.4, -0.2) is 48.2 Å². The molecule has 4 amide bonds. The van der Waals surface area contributed by atoms with Crippen molar-refractivity contribution in [3.8, 4) is 5.75 Å². The van der Waals surface area contributed by atoms with Gasteiger partial charge in [0.15, 0.2) is 0 Å². The zero-order valence-corrected chi connectivity index (χ0v) is 21.0. The minimum atomic E-state index is -0.470. The monoisotopic (exact) mass is 509 g/mol. The van der Waals surface area contributed by atoms with Gasteiger partial charge in [0.05, 0.1) is 42.1 Å². The van der Waals surface area contributed by atoms with Crippen molar-refractivity contribution >= 4 is 35.0 Å². The number of nitrogens with zero attached hydrogens (tertiary/aromatic N) is 3. The summed E-state index contributed by atoms with van der Waals surface area (Å²) in [6.45, 7) is -0.0277. The van der Waals surface area contributed by atoms with E-state index in [0.717, 1.165) is 22.6 Å². The van der Waals surface area contributed by atoms with Crippen molar-refractivity contribution in [2.24, 2.45) is 5.92 Å². The van der Waals surface area contributed by atoms with Crippen molar-refractivity contribution < 1.29 is 23.9 Å². The van der Waals surface area contributed by atoms with E-state index < -0.39 is 11.8 Å². The lowest BCUT2D eigenvalue weighted by molar-refractivity contribution is -0.123. The number of hydrogen-bond donors (Lipinski definition) is 0. The number of imide groups is 1. The van der Waals surface area contributed by atoms with Gasteiger partial charge in [0.1, 0.15) is 12.3 Å². The third kappa shape index (κ3) is 3.84. The summed E-state index contributed by atoms with van der Waals surface area (Å²) in [5.41, 5.74) is 2.81. The summed E-state index contributed by atoms with van der Waals surface area (Å²) in [4.78, 5) is 58.3. The maximum Gasteiger partial charge on any atom is 0.262 e. The van der Waals surface area contributed by atoms with Crippen molar-refractivity contribution in [2.75, 3.05) is 23.5 Å². The van der Waals surface area contributed by atoms with Gasteiger partial charge >= 0.3 is 0 Å². The molecule has 0 N–H and O–H groups in total. The molecular weight excluding hydrogens is 482 g/mol. The van der Waals surface area contributed by atoms with Crippen LogP contribution in [0.2, 0.25) is 0 Å². The van der Waals surface area contributed by atoms with Gasteiger partial charge in [0, 0.05) is 6.04 Å². The Labute approximate surface area is 220 Å². The fraction of sp³-hybridized carbons (Fsp3) is 0.267. The van der Waals surface area contributed by atoms with Crippen LogP contribution < -0.4 is 14.5 Å². The summed E-state index contributed by atoms with van der Waals surface area (Å²) in [5.74, 6) is -0.969. The molecule has 0 radical (unpaired) electrons. The summed E-state index contributed by atoms with van der Waals surface area (Å²) in [6.07, 6.45) is 2.17. The molecule has 6 rings (SSSR count). The maximum absolute atomic E-state index is 13.9. The van der Waals surface area contributed by atoms with Gasteiger partial charge in [0.2, 0.25) is 11.8 Å². The lowest BCUT2D eigenvalue weighted by Crippen LogP contribution is -2.49. The zero-order valence-electron chi connectivity index (χ0n) is 21.0. The van der Waals surface area contributed by atoms with Crippen LogP contribution in [0.1, 0.15) is 45.5 Å². The molecule has 0 unspecified atom stereocenters. The second-order valence-corrected chi connectivity index (χ2v) is 9.87. The van der Waals surface area contributed by atoms with Gasteiger partial charge in [-0.15, -0.1) is 0 Å². The maximum atomic E-state index is 13.9. The summed E-state index contributed by atoms with van der Waals surface area (Å²) in [5, 5.41) is 0. The fourth-order valence-electron chi connectivity index (χ4n) is 5.92. The van der Waals surface area contributed by atoms with Gasteiger partial charge in [-0.1, -0.05) is 42.8 Å². The first-order valence-corrected chi connectivity index (χ1v) is 12.8. The highest BCUT2D eigenvalue weighted by atomic mass is 16.5. The molecule has 3 aliphatic rings. The predicted molar refractivity (Wildman–Crippen MR) is 141 cm³/mol. The third-order valence-electron chi connectivity index (χ3n) is 7.77. The number of carbonyl (C=O) groups is 4. The zero-order chi connectivity index (χ0) is 26.4. The van der Waals surface area contributed by atoms with Crippen LogP contribution in [0.25, 0.3) is 0 Å². The highest BCUT2D eigenvalue weighted by Crippen LogP contribution is 2.43. The largest absolute Gasteiger partial charge is 0.497 e. The highest BCUT2D eigenvalue weighted by molar-refractivity contribution is 6.23. The molecule has 8 heteroatoms. The third-order valence-corrected chi connectivity index (χ3v) is 7.77. The summed E-state index contributed by atoms with van der Waals surface area (Å²) < 4.78 is 5.27. The molecule has 3 aromatic rings. The van der Waals surface area contributed by atoms with Crippen molar-refractivity contribution in [1.82, 2.24) is 4.90 Å². The SMILES string of the molecule is COc1ccc(CN2C(=O)[C@H]3CCC[C@H]3N(C(=O)CN3C(=O)c4ccccc4C3=O)c3ccccc32)cc1. The molecule has 3 aromatic carbocycles. The van der Waals surface area contributed by atoms with E-state index in [-0.39, 0.29) is 30.3 Å². The van der Waals surface area contributed by atoms with E-state index in [0.29, 0.717) is 41.9 Å². The average molecular weight is 510 g/mol. The van der Waals surface area contributed by atoms with E-state index in [2.05, 4.69) is 0 Å². The van der Waals surface area contributed by atoms with E-state index in [1.165, 1.54) is 0 Å². The Morgan fingerprint density at radius 1 is 0.816 bits per heavy atom. The van der Waals surface area contributed by atoms with Crippen molar-refractivity contribution in [1.29, 1.82) is 0 Å². The molecule has 0 bridgehead atoms. The standard InChI is InChI=1S/C30H27N3O5/c1-38-20-15-13-19(14-16-20)17-31-25-10-4-5-11-26(25)33(24-12-6-9-23(24)30(31)37)27(34)18-32-28(35)21-7-2-3-8-22(21)29(32)36/h2-5,7-8,10-11,13-16,23-24H,6,9,12,17-18H2,1H3/t23-,24+/m0/s1. The van der Waals surface area contributed by atoms with Gasteiger partial charge in [-0.25, -0.2) is 0 Å². The number of ether oxygens (including phenoxy) is 1. The van der Waals surface area contributed by atoms with Crippen molar-refractivity contribution in [3.63, 3.8) is 0 Å². The van der Waals surface area contributed by atoms with Crippen molar-refractivity contribution in [3.05, 3.63) is 89.5 Å². The van der Waals surface area contributed by atoms with Crippen LogP contribution in [0.4, 0.5) is 11.4 Å². The molecule has 1 saturated carbocycles. The number of hydrogen-bond acceptors (Lipinski definition) is 5. The van der Waals surface area contributed by atoms with E-state index in [9.17, 15) is 19.2 Å². The number of fused-ring (bicyclic) bond motifs is 3. The smallest absolute Gasteiger partial charge is 0.262 e. The topological polar surface area (TPSA) is 87.2 Å². The highest BCUT2D eigenvalue weighted by Gasteiger charge is 2.46. The van der Waals surface area contributed by atoms with Crippen LogP contribution in [-0.2, 0) is 16.1 Å². The number of anilines is 2. The normalized spacial score (nSPS) is 20.2. The second-order valence-electron chi connectivity index (χ2n) is 9.87. The van der Waals surface area contributed by atoms with E-state index in [4.69, 9.17) is 4.74 Å². The molecular formula is C30H27N3O5. The van der Waals surface area contributed by atoms with Gasteiger partial charge in [-0.3, -0.25) is 24.1 Å². The lowest BCUT2D eigenvalue weighted by Gasteiger charge is -2.31. The molecule has 1 aliphatic carbocycles. The van der Waals surface area contributed by atoms with Gasteiger partial charge in [-0.2, -0.15) is 0 Å². The molecule has 8 nitrogen and oxygen atoms in total. The Morgan fingerprint density at radius 3 is 2.11 bits per heavy atom. The van der Waals surface area contributed by atoms with E-state index in [1.807, 2.05) is 48.5 Å². The molecule has 0 aromatic heterocycles. The minimum absolute atomic E-state index is 0.0215. The Hall–Kier alpha value is -4.46. The van der Waals surface area contributed by atoms with Crippen LogP contribution >= 0.6 is 0 Å². The Bertz CT molecular complexity index is 1420. The molecule has 1 fully saturated rings. The first kappa shape index (κ1) is 23.9. The molecule has 38 heavy (non-hydrogen) atoms. The number of methoxy groups -OCH3 is 1. The van der Waals surface area contributed by atoms with E-state index >= 15 is 0 Å². The lowest BCUT2D eigenvalue weighted by atomic mass is 10.0. The number of amides is 4. The fourth-order valence-corrected chi connectivity index (χ4v) is 5.92. The summed E-state index contributed by atoms with van der Waals surface area (Å²) in [6, 6.07) is 21.2. The quantitative estimate of drug-likeness (QED) is 0.485. The minimum Gasteiger partial charge on any atom is -0.497 e. The first-order chi connectivity index (χ1) is 18.5. The Morgan fingerprint density at radius 2 is 1.45 bits per heavy atom. The Balaban J connectivity index is 1.36. The van der Waals surface area contributed by atoms with Crippen LogP contribution in [0.5, 0.6) is 5.75 Å². The average Bonchev–Trinajstić information content (AvgIpc) is 3.49.